The molecule has 122 valence electrons. The summed E-state index contributed by atoms with van der Waals surface area (Å²) in [6.07, 6.45) is 10.4. The van der Waals surface area contributed by atoms with Crippen molar-refractivity contribution >= 4 is 16.9 Å². The number of carbonyl (C=O) groups excluding carboxylic acids is 1. The van der Waals surface area contributed by atoms with E-state index < -0.39 is 0 Å². The maximum absolute atomic E-state index is 12.4. The van der Waals surface area contributed by atoms with Crippen molar-refractivity contribution in [3.05, 3.63) is 35.1 Å². The Hall–Kier alpha value is -1.77. The van der Waals surface area contributed by atoms with Crippen LogP contribution in [-0.4, -0.2) is 11.9 Å². The van der Waals surface area contributed by atoms with Gasteiger partial charge in [-0.15, -0.1) is 0 Å². The number of hydrogen-bond donors (Lipinski definition) is 1. The molecule has 1 amide bonds. The van der Waals surface area contributed by atoms with Crippen LogP contribution < -0.4 is 5.32 Å². The Bertz CT molecular complexity index is 723. The van der Waals surface area contributed by atoms with Gasteiger partial charge in [-0.2, -0.15) is 0 Å². The van der Waals surface area contributed by atoms with Crippen molar-refractivity contribution in [2.24, 2.45) is 5.92 Å². The molecule has 0 aliphatic heterocycles. The average Bonchev–Trinajstić information content (AvgIpc) is 3.14. The molecule has 0 unspecified atom stereocenters. The second kappa shape index (κ2) is 6.03. The minimum Gasteiger partial charge on any atom is -0.464 e. The van der Waals surface area contributed by atoms with Crippen LogP contribution in [-0.2, 0) is 24.1 Å². The second-order valence-corrected chi connectivity index (χ2v) is 7.43. The number of rotatable bonds is 3. The number of amides is 1. The highest BCUT2D eigenvalue weighted by Gasteiger charge is 2.21. The SMILES string of the molecule is CC1CCC(NC(=O)Cc2coc3cc4c(cc23)CCC4)CC1. The maximum atomic E-state index is 12.4. The molecule has 1 fully saturated rings. The summed E-state index contributed by atoms with van der Waals surface area (Å²) in [6.45, 7) is 2.30. The van der Waals surface area contributed by atoms with Crippen molar-refractivity contribution in [2.75, 3.05) is 0 Å². The van der Waals surface area contributed by atoms with Crippen molar-refractivity contribution in [3.63, 3.8) is 0 Å². The lowest BCUT2D eigenvalue weighted by molar-refractivity contribution is -0.121. The Morgan fingerprint density at radius 3 is 2.70 bits per heavy atom. The molecule has 1 N–H and O–H groups in total. The van der Waals surface area contributed by atoms with Crippen molar-refractivity contribution in [1.29, 1.82) is 0 Å². The maximum Gasteiger partial charge on any atom is 0.224 e. The molecular formula is C20H25NO2. The Labute approximate surface area is 137 Å². The first-order chi connectivity index (χ1) is 11.2. The minimum atomic E-state index is 0.132. The number of nitrogens with one attached hydrogen (secondary N) is 1. The molecule has 0 atom stereocenters. The fourth-order valence-electron chi connectivity index (χ4n) is 4.14. The third-order valence-corrected chi connectivity index (χ3v) is 5.60. The Kier molecular flexibility index (Phi) is 3.88. The molecule has 3 nitrogen and oxygen atoms in total. The lowest BCUT2D eigenvalue weighted by atomic mass is 9.87. The van der Waals surface area contributed by atoms with Crippen molar-refractivity contribution in [3.8, 4) is 0 Å². The molecule has 23 heavy (non-hydrogen) atoms. The number of hydrogen-bond acceptors (Lipinski definition) is 2. The van der Waals surface area contributed by atoms with E-state index in [9.17, 15) is 4.79 Å². The number of carbonyl (C=O) groups is 1. The number of fused-ring (bicyclic) bond motifs is 2. The van der Waals surface area contributed by atoms with E-state index in [1.54, 1.807) is 6.26 Å². The van der Waals surface area contributed by atoms with E-state index in [0.29, 0.717) is 12.5 Å². The van der Waals surface area contributed by atoms with Crippen molar-refractivity contribution < 1.29 is 9.21 Å². The fourth-order valence-corrected chi connectivity index (χ4v) is 4.14. The minimum absolute atomic E-state index is 0.132. The zero-order chi connectivity index (χ0) is 15.8. The summed E-state index contributed by atoms with van der Waals surface area (Å²) in [5.41, 5.74) is 4.80. The van der Waals surface area contributed by atoms with Gasteiger partial charge in [0.2, 0.25) is 5.91 Å². The molecule has 0 radical (unpaired) electrons. The van der Waals surface area contributed by atoms with Crippen LogP contribution in [0, 0.1) is 5.92 Å². The lowest BCUT2D eigenvalue weighted by Crippen LogP contribution is -2.38. The van der Waals surface area contributed by atoms with Crippen LogP contribution in [0.5, 0.6) is 0 Å². The van der Waals surface area contributed by atoms with Gasteiger partial charge in [0, 0.05) is 17.0 Å². The first kappa shape index (κ1) is 14.8. The summed E-state index contributed by atoms with van der Waals surface area (Å²) in [6, 6.07) is 4.77. The van der Waals surface area contributed by atoms with Gasteiger partial charge in [-0.1, -0.05) is 6.92 Å². The van der Waals surface area contributed by atoms with Gasteiger partial charge in [-0.25, -0.2) is 0 Å². The molecule has 2 aromatic rings. The molecule has 1 heterocycles. The quantitative estimate of drug-likeness (QED) is 0.925. The van der Waals surface area contributed by atoms with E-state index in [2.05, 4.69) is 24.4 Å². The standard InChI is InChI=1S/C20H25NO2/c1-13-5-7-17(8-6-13)21-20(22)11-16-12-23-19-10-15-4-2-3-14(15)9-18(16)19/h9-10,12-13,17H,2-8,11H2,1H3,(H,21,22). The molecule has 1 aromatic heterocycles. The summed E-state index contributed by atoms with van der Waals surface area (Å²) in [7, 11) is 0. The number of furan rings is 1. The van der Waals surface area contributed by atoms with E-state index in [1.165, 1.54) is 30.4 Å². The van der Waals surface area contributed by atoms with Gasteiger partial charge < -0.3 is 9.73 Å². The third kappa shape index (κ3) is 3.01. The van der Waals surface area contributed by atoms with Crippen LogP contribution in [0.2, 0.25) is 0 Å². The molecule has 1 saturated carbocycles. The highest BCUT2D eigenvalue weighted by molar-refractivity contribution is 5.88. The smallest absolute Gasteiger partial charge is 0.224 e. The van der Waals surface area contributed by atoms with Crippen LogP contribution >= 0.6 is 0 Å². The Morgan fingerprint density at radius 2 is 1.91 bits per heavy atom. The van der Waals surface area contributed by atoms with Crippen LogP contribution in [0.1, 0.15) is 55.7 Å². The summed E-state index contributed by atoms with van der Waals surface area (Å²) >= 11 is 0. The van der Waals surface area contributed by atoms with Gasteiger partial charge in [-0.3, -0.25) is 4.79 Å². The summed E-state index contributed by atoms with van der Waals surface area (Å²) in [5, 5.41) is 4.34. The molecule has 3 heteroatoms. The van der Waals surface area contributed by atoms with Gasteiger partial charge in [-0.05, 0) is 74.1 Å². The van der Waals surface area contributed by atoms with Crippen molar-refractivity contribution in [2.45, 2.75) is 64.3 Å². The Morgan fingerprint density at radius 1 is 1.17 bits per heavy atom. The van der Waals surface area contributed by atoms with E-state index in [1.807, 2.05) is 0 Å². The highest BCUT2D eigenvalue weighted by atomic mass is 16.3. The number of benzene rings is 1. The monoisotopic (exact) mass is 311 g/mol. The zero-order valence-electron chi connectivity index (χ0n) is 13.9. The van der Waals surface area contributed by atoms with Gasteiger partial charge >= 0.3 is 0 Å². The largest absolute Gasteiger partial charge is 0.464 e. The van der Waals surface area contributed by atoms with E-state index in [0.717, 1.165) is 48.1 Å². The Balaban J connectivity index is 1.46. The molecular weight excluding hydrogens is 286 g/mol. The first-order valence-corrected chi connectivity index (χ1v) is 9.00. The van der Waals surface area contributed by atoms with Gasteiger partial charge in [0.25, 0.3) is 0 Å². The topological polar surface area (TPSA) is 42.2 Å². The van der Waals surface area contributed by atoms with E-state index >= 15 is 0 Å². The van der Waals surface area contributed by atoms with Gasteiger partial charge in [0.15, 0.2) is 0 Å². The summed E-state index contributed by atoms with van der Waals surface area (Å²) in [4.78, 5) is 12.4. The first-order valence-electron chi connectivity index (χ1n) is 9.00. The van der Waals surface area contributed by atoms with E-state index in [4.69, 9.17) is 4.42 Å². The van der Waals surface area contributed by atoms with Crippen LogP contribution in [0.4, 0.5) is 0 Å². The average molecular weight is 311 g/mol. The van der Waals surface area contributed by atoms with Crippen LogP contribution in [0.25, 0.3) is 11.0 Å². The molecule has 0 bridgehead atoms. The molecule has 1 aromatic carbocycles. The molecule has 0 saturated heterocycles. The van der Waals surface area contributed by atoms with Gasteiger partial charge in [0.1, 0.15) is 5.58 Å². The highest BCUT2D eigenvalue weighted by Crippen LogP contribution is 2.30. The molecule has 0 spiro atoms. The summed E-state index contributed by atoms with van der Waals surface area (Å²) < 4.78 is 5.70. The lowest BCUT2D eigenvalue weighted by Gasteiger charge is -2.26. The zero-order valence-corrected chi connectivity index (χ0v) is 13.9. The molecule has 2 aliphatic carbocycles. The predicted octanol–water partition coefficient (Wildman–Crippen LogP) is 4.16. The van der Waals surface area contributed by atoms with Crippen LogP contribution in [0.15, 0.2) is 22.8 Å². The fraction of sp³-hybridized carbons (Fsp3) is 0.550. The second-order valence-electron chi connectivity index (χ2n) is 7.43. The number of aryl methyl sites for hydroxylation is 2. The summed E-state index contributed by atoms with van der Waals surface area (Å²) in [5.74, 6) is 0.941. The normalized spacial score (nSPS) is 23.9. The van der Waals surface area contributed by atoms with E-state index in [-0.39, 0.29) is 5.91 Å². The van der Waals surface area contributed by atoms with Crippen LogP contribution in [0.3, 0.4) is 0 Å². The predicted molar refractivity (Wildman–Crippen MR) is 91.5 cm³/mol. The third-order valence-electron chi connectivity index (χ3n) is 5.60. The van der Waals surface area contributed by atoms with Gasteiger partial charge in [0.05, 0.1) is 12.7 Å². The van der Waals surface area contributed by atoms with Crippen molar-refractivity contribution in [1.82, 2.24) is 5.32 Å². The molecule has 4 rings (SSSR count). The molecule has 2 aliphatic rings.